The molecule has 0 N–H and O–H groups in total. The lowest BCUT2D eigenvalue weighted by atomic mass is 9.48. The molecule has 0 amide bonds. The van der Waals surface area contributed by atoms with Gasteiger partial charge in [0.25, 0.3) is 0 Å². The van der Waals surface area contributed by atoms with E-state index in [1.54, 1.807) is 0 Å². The first-order chi connectivity index (χ1) is 7.26. The van der Waals surface area contributed by atoms with Gasteiger partial charge < -0.3 is 0 Å². The van der Waals surface area contributed by atoms with Crippen molar-refractivity contribution in [2.24, 2.45) is 17.3 Å². The zero-order valence-electron chi connectivity index (χ0n) is 10.2. The third-order valence-corrected chi connectivity index (χ3v) is 5.07. The van der Waals surface area contributed by atoms with Crippen LogP contribution in [0.25, 0.3) is 0 Å². The van der Waals surface area contributed by atoms with E-state index in [4.69, 9.17) is 0 Å². The summed E-state index contributed by atoms with van der Waals surface area (Å²) in [5.41, 5.74) is 0.0992. The SMILES string of the molecule is CCC1(CC)C(=O)[C@@H]2CCCCCC[C@@H]21. The first-order valence-corrected chi connectivity index (χ1v) is 6.80. The Hall–Kier alpha value is -0.330. The standard InChI is InChI=1S/C14H24O/c1-3-14(4-2)12-10-8-6-5-7-9-11(12)13(14)15/h11-12H,3-10H2,1-2H3/t11-,12+/m1/s1. The van der Waals surface area contributed by atoms with Gasteiger partial charge in [-0.05, 0) is 31.6 Å². The van der Waals surface area contributed by atoms with E-state index >= 15 is 0 Å². The summed E-state index contributed by atoms with van der Waals surface area (Å²) in [6.07, 6.45) is 10.0. The lowest BCUT2D eigenvalue weighted by molar-refractivity contribution is -0.161. The van der Waals surface area contributed by atoms with Crippen molar-refractivity contribution in [1.29, 1.82) is 0 Å². The zero-order chi connectivity index (χ0) is 10.9. The number of hydrogen-bond donors (Lipinski definition) is 0. The Morgan fingerprint density at radius 3 is 2.27 bits per heavy atom. The summed E-state index contributed by atoms with van der Waals surface area (Å²) >= 11 is 0. The van der Waals surface area contributed by atoms with Crippen molar-refractivity contribution in [2.45, 2.75) is 65.2 Å². The second-order valence-electron chi connectivity index (χ2n) is 5.43. The third-order valence-electron chi connectivity index (χ3n) is 5.07. The van der Waals surface area contributed by atoms with Crippen LogP contribution in [-0.4, -0.2) is 5.78 Å². The fourth-order valence-electron chi connectivity index (χ4n) is 4.04. The van der Waals surface area contributed by atoms with Crippen LogP contribution < -0.4 is 0 Å². The summed E-state index contributed by atoms with van der Waals surface area (Å²) in [7, 11) is 0. The molecule has 0 spiro atoms. The van der Waals surface area contributed by atoms with Gasteiger partial charge in [0.1, 0.15) is 5.78 Å². The minimum atomic E-state index is 0.0992. The largest absolute Gasteiger partial charge is 0.299 e. The monoisotopic (exact) mass is 208 g/mol. The highest BCUT2D eigenvalue weighted by Gasteiger charge is 2.58. The van der Waals surface area contributed by atoms with Gasteiger partial charge >= 0.3 is 0 Å². The Bertz CT molecular complexity index is 240. The van der Waals surface area contributed by atoms with Gasteiger partial charge in [-0.25, -0.2) is 0 Å². The van der Waals surface area contributed by atoms with E-state index in [1.165, 1.54) is 38.5 Å². The van der Waals surface area contributed by atoms with Gasteiger partial charge in [0.15, 0.2) is 0 Å². The van der Waals surface area contributed by atoms with Crippen molar-refractivity contribution >= 4 is 5.78 Å². The molecular weight excluding hydrogens is 184 g/mol. The summed E-state index contributed by atoms with van der Waals surface area (Å²) in [4.78, 5) is 12.2. The van der Waals surface area contributed by atoms with E-state index in [9.17, 15) is 4.79 Å². The fourth-order valence-corrected chi connectivity index (χ4v) is 4.04. The maximum Gasteiger partial charge on any atom is 0.142 e. The summed E-state index contributed by atoms with van der Waals surface area (Å²) < 4.78 is 0. The molecule has 2 aliphatic carbocycles. The van der Waals surface area contributed by atoms with Gasteiger partial charge in [-0.2, -0.15) is 0 Å². The normalized spacial score (nSPS) is 34.9. The number of rotatable bonds is 2. The molecule has 15 heavy (non-hydrogen) atoms. The number of Topliss-reactive ketones (excluding diaryl/α,β-unsaturated/α-hetero) is 1. The fraction of sp³-hybridized carbons (Fsp3) is 0.929. The van der Waals surface area contributed by atoms with Crippen LogP contribution in [0.5, 0.6) is 0 Å². The Kier molecular flexibility index (Phi) is 3.18. The van der Waals surface area contributed by atoms with E-state index in [2.05, 4.69) is 13.8 Å². The molecule has 2 aliphatic rings. The average Bonchev–Trinajstić information content (AvgIpc) is 2.22. The van der Waals surface area contributed by atoms with E-state index in [0.29, 0.717) is 11.7 Å². The maximum absolute atomic E-state index is 12.2. The molecule has 2 rings (SSSR count). The van der Waals surface area contributed by atoms with Crippen LogP contribution in [-0.2, 0) is 4.79 Å². The highest BCUT2D eigenvalue weighted by atomic mass is 16.1. The number of hydrogen-bond acceptors (Lipinski definition) is 1. The first-order valence-electron chi connectivity index (χ1n) is 6.80. The molecule has 0 unspecified atom stereocenters. The van der Waals surface area contributed by atoms with Gasteiger partial charge in [-0.1, -0.05) is 39.5 Å². The Morgan fingerprint density at radius 2 is 1.67 bits per heavy atom. The van der Waals surface area contributed by atoms with Crippen LogP contribution in [0.2, 0.25) is 0 Å². The van der Waals surface area contributed by atoms with Crippen molar-refractivity contribution in [1.82, 2.24) is 0 Å². The molecule has 0 aromatic rings. The number of carbonyl (C=O) groups excluding carboxylic acids is 1. The minimum Gasteiger partial charge on any atom is -0.299 e. The highest BCUT2D eigenvalue weighted by Crippen LogP contribution is 2.56. The summed E-state index contributed by atoms with van der Waals surface area (Å²) in [6, 6.07) is 0. The molecule has 0 radical (unpaired) electrons. The van der Waals surface area contributed by atoms with Crippen LogP contribution in [0.3, 0.4) is 0 Å². The van der Waals surface area contributed by atoms with Gasteiger partial charge in [0.05, 0.1) is 0 Å². The number of carbonyl (C=O) groups is 1. The van der Waals surface area contributed by atoms with Crippen molar-refractivity contribution in [3.05, 3.63) is 0 Å². The van der Waals surface area contributed by atoms with Crippen LogP contribution in [0.1, 0.15) is 65.2 Å². The van der Waals surface area contributed by atoms with Crippen LogP contribution in [0, 0.1) is 17.3 Å². The highest BCUT2D eigenvalue weighted by molar-refractivity contribution is 5.93. The molecule has 2 saturated carbocycles. The first kappa shape index (κ1) is 11.2. The molecule has 86 valence electrons. The molecule has 2 atom stereocenters. The van der Waals surface area contributed by atoms with Crippen LogP contribution in [0.4, 0.5) is 0 Å². The zero-order valence-corrected chi connectivity index (χ0v) is 10.2. The van der Waals surface area contributed by atoms with E-state index in [1.807, 2.05) is 0 Å². The summed E-state index contributed by atoms with van der Waals surface area (Å²) in [6.45, 7) is 4.41. The molecule has 0 aromatic heterocycles. The van der Waals surface area contributed by atoms with Crippen LogP contribution >= 0.6 is 0 Å². The van der Waals surface area contributed by atoms with E-state index in [-0.39, 0.29) is 5.41 Å². The van der Waals surface area contributed by atoms with Crippen molar-refractivity contribution in [3.8, 4) is 0 Å². The maximum atomic E-state index is 12.2. The molecule has 0 saturated heterocycles. The van der Waals surface area contributed by atoms with Gasteiger partial charge in [-0.3, -0.25) is 4.79 Å². The number of ketones is 1. The van der Waals surface area contributed by atoms with Crippen molar-refractivity contribution in [2.75, 3.05) is 0 Å². The molecule has 0 aromatic carbocycles. The predicted molar refractivity (Wildman–Crippen MR) is 62.7 cm³/mol. The van der Waals surface area contributed by atoms with Crippen molar-refractivity contribution < 1.29 is 4.79 Å². The quantitative estimate of drug-likeness (QED) is 0.671. The molecule has 0 heterocycles. The molecule has 0 aliphatic heterocycles. The van der Waals surface area contributed by atoms with Gasteiger partial charge in [0, 0.05) is 11.3 Å². The Balaban J connectivity index is 2.13. The average molecular weight is 208 g/mol. The Labute approximate surface area is 93.6 Å². The molecule has 1 heteroatoms. The van der Waals surface area contributed by atoms with E-state index < -0.39 is 0 Å². The number of fused-ring (bicyclic) bond motifs is 1. The molecule has 0 bridgehead atoms. The summed E-state index contributed by atoms with van der Waals surface area (Å²) in [5.74, 6) is 1.80. The predicted octanol–water partition coefficient (Wildman–Crippen LogP) is 3.96. The third kappa shape index (κ3) is 1.55. The molecular formula is C14H24O. The second-order valence-corrected chi connectivity index (χ2v) is 5.43. The van der Waals surface area contributed by atoms with Gasteiger partial charge in [0.2, 0.25) is 0 Å². The summed E-state index contributed by atoms with van der Waals surface area (Å²) in [5, 5.41) is 0. The Morgan fingerprint density at radius 1 is 1.07 bits per heavy atom. The van der Waals surface area contributed by atoms with Gasteiger partial charge in [-0.15, -0.1) is 0 Å². The van der Waals surface area contributed by atoms with Crippen molar-refractivity contribution in [3.63, 3.8) is 0 Å². The second kappa shape index (κ2) is 4.27. The minimum absolute atomic E-state index is 0.0992. The van der Waals surface area contributed by atoms with Crippen LogP contribution in [0.15, 0.2) is 0 Å². The smallest absolute Gasteiger partial charge is 0.142 e. The van der Waals surface area contributed by atoms with E-state index in [0.717, 1.165) is 18.8 Å². The lowest BCUT2D eigenvalue weighted by Crippen LogP contribution is -2.57. The molecule has 1 nitrogen and oxygen atoms in total. The topological polar surface area (TPSA) is 17.1 Å². The lowest BCUT2D eigenvalue weighted by Gasteiger charge is -2.54. The molecule has 2 fully saturated rings.